The van der Waals surface area contributed by atoms with Crippen LogP contribution in [0, 0.1) is 5.82 Å². The minimum absolute atomic E-state index is 0. The third-order valence-electron chi connectivity index (χ3n) is 2.51. The summed E-state index contributed by atoms with van der Waals surface area (Å²) in [5.74, 6) is -0.813. The predicted molar refractivity (Wildman–Crippen MR) is 61.9 cm³/mol. The normalized spacial score (nSPS) is 14.8. The lowest BCUT2D eigenvalue weighted by atomic mass is 9.95. The second kappa shape index (κ2) is 6.36. The number of aliphatic hydroxyl groups excluding tert-OH is 1. The third-order valence-corrected chi connectivity index (χ3v) is 2.51. The Morgan fingerprint density at radius 3 is 2.33 bits per heavy atom. The van der Waals surface area contributed by atoms with Gasteiger partial charge in [0, 0.05) is 0 Å². The number of alkyl halides is 3. The number of hydrogen-bond acceptors (Lipinski definition) is 2. The molecule has 7 heteroatoms. The molecule has 0 fully saturated rings. The van der Waals surface area contributed by atoms with Crippen LogP contribution in [0.15, 0.2) is 18.2 Å². The molecule has 1 aromatic carbocycles. The number of hydrogen-bond donors (Lipinski definition) is 2. The summed E-state index contributed by atoms with van der Waals surface area (Å²) >= 11 is 0. The smallest absolute Gasteiger partial charge is 0.391 e. The topological polar surface area (TPSA) is 46.2 Å². The van der Waals surface area contributed by atoms with Gasteiger partial charge in [-0.25, -0.2) is 4.39 Å². The molecule has 3 N–H and O–H groups in total. The highest BCUT2D eigenvalue weighted by molar-refractivity contribution is 5.85. The zero-order valence-electron chi connectivity index (χ0n) is 9.54. The van der Waals surface area contributed by atoms with Crippen LogP contribution in [-0.2, 0) is 6.18 Å². The summed E-state index contributed by atoms with van der Waals surface area (Å²) in [6.45, 7) is 1.58. The van der Waals surface area contributed by atoms with Crippen molar-refractivity contribution in [3.63, 3.8) is 0 Å². The van der Waals surface area contributed by atoms with Crippen LogP contribution < -0.4 is 5.73 Å². The van der Waals surface area contributed by atoms with Crippen molar-refractivity contribution in [2.75, 3.05) is 0 Å². The number of halogens is 5. The van der Waals surface area contributed by atoms with Crippen molar-refractivity contribution >= 4 is 12.4 Å². The van der Waals surface area contributed by atoms with E-state index in [0.29, 0.717) is 12.1 Å². The van der Waals surface area contributed by atoms with Gasteiger partial charge in [0.2, 0.25) is 0 Å². The molecular formula is C11H14ClF4NO. The lowest BCUT2D eigenvalue weighted by Crippen LogP contribution is -2.28. The van der Waals surface area contributed by atoms with Gasteiger partial charge in [-0.15, -0.1) is 12.4 Å². The van der Waals surface area contributed by atoms with Crippen LogP contribution in [-0.4, -0.2) is 11.2 Å². The first kappa shape index (κ1) is 17.2. The molecule has 0 spiro atoms. The molecule has 0 aromatic heterocycles. The maximum atomic E-state index is 13.0. The molecule has 0 aliphatic rings. The van der Waals surface area contributed by atoms with Crippen LogP contribution in [0.4, 0.5) is 17.6 Å². The van der Waals surface area contributed by atoms with Crippen LogP contribution in [0.25, 0.3) is 0 Å². The van der Waals surface area contributed by atoms with E-state index in [4.69, 9.17) is 5.73 Å². The van der Waals surface area contributed by atoms with Crippen LogP contribution >= 0.6 is 12.4 Å². The molecule has 0 bridgehead atoms. The van der Waals surface area contributed by atoms with E-state index in [9.17, 15) is 22.7 Å². The van der Waals surface area contributed by atoms with E-state index in [1.165, 1.54) is 0 Å². The number of aliphatic hydroxyl groups is 1. The molecule has 18 heavy (non-hydrogen) atoms. The summed E-state index contributed by atoms with van der Waals surface area (Å²) in [4.78, 5) is 0. The van der Waals surface area contributed by atoms with E-state index in [1.54, 1.807) is 6.92 Å². The van der Waals surface area contributed by atoms with Crippen molar-refractivity contribution < 1.29 is 22.7 Å². The number of rotatable bonds is 3. The Morgan fingerprint density at radius 1 is 1.33 bits per heavy atom. The van der Waals surface area contributed by atoms with Gasteiger partial charge in [0.1, 0.15) is 5.82 Å². The molecule has 0 heterocycles. The average Bonchev–Trinajstić information content (AvgIpc) is 2.25. The highest BCUT2D eigenvalue weighted by atomic mass is 35.5. The first-order valence-corrected chi connectivity index (χ1v) is 5.07. The molecule has 1 aromatic rings. The van der Waals surface area contributed by atoms with Crippen molar-refractivity contribution in [2.45, 2.75) is 31.7 Å². The molecule has 2 atom stereocenters. The van der Waals surface area contributed by atoms with Crippen LogP contribution in [0.1, 0.15) is 30.5 Å². The van der Waals surface area contributed by atoms with Gasteiger partial charge in [-0.2, -0.15) is 13.2 Å². The van der Waals surface area contributed by atoms with Crippen LogP contribution in [0.3, 0.4) is 0 Å². The van der Waals surface area contributed by atoms with Gasteiger partial charge >= 0.3 is 6.18 Å². The maximum Gasteiger partial charge on any atom is 0.416 e. The first-order chi connectivity index (χ1) is 7.77. The van der Waals surface area contributed by atoms with E-state index in [0.717, 1.165) is 6.07 Å². The van der Waals surface area contributed by atoms with Gasteiger partial charge in [0.05, 0.1) is 17.7 Å². The monoisotopic (exact) mass is 287 g/mol. The highest BCUT2D eigenvalue weighted by Crippen LogP contribution is 2.35. The van der Waals surface area contributed by atoms with E-state index in [-0.39, 0.29) is 18.8 Å². The maximum absolute atomic E-state index is 13.0. The van der Waals surface area contributed by atoms with Crippen molar-refractivity contribution in [1.29, 1.82) is 0 Å². The van der Waals surface area contributed by atoms with Gasteiger partial charge in [-0.3, -0.25) is 0 Å². The Balaban J connectivity index is 0.00000289. The Hall–Kier alpha value is -0.850. The van der Waals surface area contributed by atoms with Gasteiger partial charge in [-0.1, -0.05) is 6.92 Å². The SMILES string of the molecule is CC[C@@H](O)[C@@H](N)c1cc(F)ccc1C(F)(F)F.Cl. The molecular weight excluding hydrogens is 274 g/mol. The van der Waals surface area contributed by atoms with E-state index in [1.807, 2.05) is 0 Å². The summed E-state index contributed by atoms with van der Waals surface area (Å²) in [6.07, 6.45) is -5.57. The lowest BCUT2D eigenvalue weighted by Gasteiger charge is -2.21. The minimum Gasteiger partial charge on any atom is -0.391 e. The van der Waals surface area contributed by atoms with Gasteiger partial charge in [0.25, 0.3) is 0 Å². The Bertz CT molecular complexity index is 397. The number of nitrogens with two attached hydrogens (primary N) is 1. The minimum atomic E-state index is -4.62. The molecule has 0 aliphatic carbocycles. The summed E-state index contributed by atoms with van der Waals surface area (Å²) in [5, 5.41) is 9.45. The van der Waals surface area contributed by atoms with E-state index >= 15 is 0 Å². The molecule has 104 valence electrons. The zero-order chi connectivity index (χ0) is 13.2. The van der Waals surface area contributed by atoms with Gasteiger partial charge < -0.3 is 10.8 Å². The molecule has 0 radical (unpaired) electrons. The Kier molecular flexibility index (Phi) is 6.06. The summed E-state index contributed by atoms with van der Waals surface area (Å²) < 4.78 is 50.9. The Labute approximate surface area is 108 Å². The lowest BCUT2D eigenvalue weighted by molar-refractivity contribution is -0.138. The molecule has 0 amide bonds. The van der Waals surface area contributed by atoms with Gasteiger partial charge in [0.15, 0.2) is 0 Å². The fraction of sp³-hybridized carbons (Fsp3) is 0.455. The highest BCUT2D eigenvalue weighted by Gasteiger charge is 2.35. The third kappa shape index (κ3) is 3.83. The fourth-order valence-corrected chi connectivity index (χ4v) is 1.53. The zero-order valence-corrected chi connectivity index (χ0v) is 10.4. The molecule has 0 saturated carbocycles. The molecule has 0 saturated heterocycles. The van der Waals surface area contributed by atoms with E-state index in [2.05, 4.69) is 0 Å². The number of benzene rings is 1. The second-order valence-electron chi connectivity index (χ2n) is 3.73. The van der Waals surface area contributed by atoms with E-state index < -0.39 is 35.3 Å². The molecule has 1 rings (SSSR count). The van der Waals surface area contributed by atoms with Crippen molar-refractivity contribution in [3.8, 4) is 0 Å². The molecule has 0 aliphatic heterocycles. The molecule has 2 nitrogen and oxygen atoms in total. The summed E-state index contributed by atoms with van der Waals surface area (Å²) in [6, 6.07) is 0.809. The summed E-state index contributed by atoms with van der Waals surface area (Å²) in [5.41, 5.74) is 4.06. The van der Waals surface area contributed by atoms with Crippen molar-refractivity contribution in [1.82, 2.24) is 0 Å². The van der Waals surface area contributed by atoms with Crippen LogP contribution in [0.5, 0.6) is 0 Å². The largest absolute Gasteiger partial charge is 0.416 e. The second-order valence-corrected chi connectivity index (χ2v) is 3.73. The van der Waals surface area contributed by atoms with Crippen LogP contribution in [0.2, 0.25) is 0 Å². The predicted octanol–water partition coefficient (Wildman–Crippen LogP) is 3.04. The molecule has 0 unspecified atom stereocenters. The quantitative estimate of drug-likeness (QED) is 0.840. The van der Waals surface area contributed by atoms with Crippen molar-refractivity contribution in [3.05, 3.63) is 35.1 Å². The standard InChI is InChI=1S/C11H13F4NO.ClH/c1-2-9(17)10(16)7-5-6(12)3-4-8(7)11(13,14)15;/h3-5,9-10,17H,2,16H2,1H3;1H/t9-,10+;/m1./s1. The first-order valence-electron chi connectivity index (χ1n) is 5.07. The van der Waals surface area contributed by atoms with Gasteiger partial charge in [-0.05, 0) is 30.2 Å². The van der Waals surface area contributed by atoms with Crippen molar-refractivity contribution in [2.24, 2.45) is 5.73 Å². The Morgan fingerprint density at radius 2 is 1.89 bits per heavy atom. The summed E-state index contributed by atoms with van der Waals surface area (Å²) in [7, 11) is 0. The average molecular weight is 288 g/mol. The fourth-order valence-electron chi connectivity index (χ4n) is 1.53.